The minimum Gasteiger partial charge on any atom is -0.496 e. The largest absolute Gasteiger partial charge is 0.496 e. The molecule has 0 aliphatic carbocycles. The second-order valence-electron chi connectivity index (χ2n) is 6.72. The molecular weight excluding hydrogens is 383 g/mol. The Bertz CT molecular complexity index is 1030. The van der Waals surface area contributed by atoms with Gasteiger partial charge in [-0.15, -0.1) is 29.0 Å². The van der Waals surface area contributed by atoms with Crippen LogP contribution in [0.1, 0.15) is 22.5 Å². The number of hydrogen-bond acceptors (Lipinski definition) is 1. The van der Waals surface area contributed by atoms with Crippen molar-refractivity contribution >= 4 is 10.8 Å². The minimum absolute atomic E-state index is 0. The van der Waals surface area contributed by atoms with Crippen LogP contribution in [0.3, 0.4) is 0 Å². The summed E-state index contributed by atoms with van der Waals surface area (Å²) in [5.74, 6) is 1.88. The van der Waals surface area contributed by atoms with Crippen molar-refractivity contribution in [1.82, 2.24) is 0 Å². The summed E-state index contributed by atoms with van der Waals surface area (Å²) >= 11 is 0. The Hall–Kier alpha value is -1.79. The van der Waals surface area contributed by atoms with Crippen molar-refractivity contribution in [3.05, 3.63) is 77.0 Å². The first-order valence-corrected chi connectivity index (χ1v) is 8.37. The maximum Gasteiger partial charge on any atom is 0.0896 e. The Labute approximate surface area is 168 Å². The molecule has 3 aromatic carbocycles. The van der Waals surface area contributed by atoms with Crippen molar-refractivity contribution in [3.63, 3.8) is 0 Å². The molecule has 0 radical (unpaired) electrons. The van der Waals surface area contributed by atoms with E-state index < -0.39 is 0 Å². The van der Waals surface area contributed by atoms with E-state index in [1.165, 1.54) is 38.6 Å². The average Bonchev–Trinajstić information content (AvgIpc) is 3.16. The Morgan fingerprint density at radius 2 is 1.56 bits per heavy atom. The van der Waals surface area contributed by atoms with Crippen molar-refractivity contribution in [2.75, 3.05) is 0 Å². The summed E-state index contributed by atoms with van der Waals surface area (Å²) < 4.78 is 5.82. The predicted octanol–water partition coefficient (Wildman–Crippen LogP) is 6.72. The topological polar surface area (TPSA) is 13.1 Å². The molecule has 4 aromatic rings. The van der Waals surface area contributed by atoms with Crippen LogP contribution >= 0.6 is 0 Å². The molecule has 0 bridgehead atoms. The standard InChI is InChI=1S/C23H21O.Zr/c1-14-5-8-18(9-6-14)23-17(4)15(2)11-19-12-20(13-21(19)23)22-10-7-16(3)24-22;/h5-13H,1-4H3;/q-1;. The van der Waals surface area contributed by atoms with Gasteiger partial charge in [-0.25, -0.2) is 0 Å². The normalized spacial score (nSPS) is 10.9. The van der Waals surface area contributed by atoms with Gasteiger partial charge in [0.1, 0.15) is 0 Å². The monoisotopic (exact) mass is 403 g/mol. The van der Waals surface area contributed by atoms with Gasteiger partial charge < -0.3 is 4.42 Å². The Morgan fingerprint density at radius 1 is 0.840 bits per heavy atom. The quantitative estimate of drug-likeness (QED) is 0.338. The Morgan fingerprint density at radius 3 is 2.20 bits per heavy atom. The molecule has 0 saturated carbocycles. The summed E-state index contributed by atoms with van der Waals surface area (Å²) in [6.45, 7) is 8.52. The van der Waals surface area contributed by atoms with Crippen molar-refractivity contribution in [2.24, 2.45) is 0 Å². The van der Waals surface area contributed by atoms with Crippen molar-refractivity contribution < 1.29 is 30.6 Å². The molecule has 0 saturated heterocycles. The number of benzene rings is 2. The zero-order chi connectivity index (χ0) is 16.8. The van der Waals surface area contributed by atoms with Crippen LogP contribution in [-0.4, -0.2) is 0 Å². The first-order valence-electron chi connectivity index (χ1n) is 8.37. The summed E-state index contributed by atoms with van der Waals surface area (Å²) in [6.07, 6.45) is 0. The van der Waals surface area contributed by atoms with Crippen LogP contribution in [0.4, 0.5) is 0 Å². The van der Waals surface area contributed by atoms with E-state index in [4.69, 9.17) is 4.42 Å². The molecule has 0 fully saturated rings. The molecule has 0 aliphatic rings. The second kappa shape index (κ2) is 6.85. The summed E-state index contributed by atoms with van der Waals surface area (Å²) in [5, 5.41) is 2.57. The molecule has 4 rings (SSSR count). The van der Waals surface area contributed by atoms with E-state index in [0.717, 1.165) is 17.1 Å². The van der Waals surface area contributed by atoms with E-state index in [-0.39, 0.29) is 26.2 Å². The SMILES string of the molecule is Cc1ccc(-c2c(C)c(C)cc3[cH-]c(-c4ccc(C)o4)cc23)cc1.[Zr]. The molecular formula is C23H21OZr-. The predicted molar refractivity (Wildman–Crippen MR) is 102 cm³/mol. The molecule has 25 heavy (non-hydrogen) atoms. The number of furan rings is 1. The number of aryl methyl sites for hydroxylation is 3. The summed E-state index contributed by atoms with van der Waals surface area (Å²) in [6, 6.07) is 19.7. The van der Waals surface area contributed by atoms with Gasteiger partial charge in [0.15, 0.2) is 0 Å². The van der Waals surface area contributed by atoms with Gasteiger partial charge >= 0.3 is 0 Å². The van der Waals surface area contributed by atoms with Gasteiger partial charge in [0.25, 0.3) is 0 Å². The summed E-state index contributed by atoms with van der Waals surface area (Å²) in [7, 11) is 0. The van der Waals surface area contributed by atoms with Gasteiger partial charge in [0.2, 0.25) is 0 Å². The van der Waals surface area contributed by atoms with Crippen LogP contribution in [0.15, 0.2) is 59.0 Å². The van der Waals surface area contributed by atoms with Crippen molar-refractivity contribution in [1.29, 1.82) is 0 Å². The fraction of sp³-hybridized carbons (Fsp3) is 0.174. The van der Waals surface area contributed by atoms with Crippen LogP contribution in [-0.2, 0) is 26.2 Å². The van der Waals surface area contributed by atoms with E-state index in [1.54, 1.807) is 0 Å². The van der Waals surface area contributed by atoms with Crippen LogP contribution < -0.4 is 0 Å². The summed E-state index contributed by atoms with van der Waals surface area (Å²) in [5.41, 5.74) is 7.72. The average molecular weight is 405 g/mol. The maximum absolute atomic E-state index is 5.82. The maximum atomic E-state index is 5.82. The molecule has 0 N–H and O–H groups in total. The second-order valence-corrected chi connectivity index (χ2v) is 6.72. The van der Waals surface area contributed by atoms with Gasteiger partial charge in [0, 0.05) is 26.2 Å². The third-order valence-electron chi connectivity index (χ3n) is 4.89. The molecule has 0 atom stereocenters. The fourth-order valence-corrected chi connectivity index (χ4v) is 3.43. The van der Waals surface area contributed by atoms with Gasteiger partial charge in [-0.05, 0) is 51.0 Å². The molecule has 0 aliphatic heterocycles. The van der Waals surface area contributed by atoms with E-state index in [0.29, 0.717) is 0 Å². The zero-order valence-corrected chi connectivity index (χ0v) is 17.6. The van der Waals surface area contributed by atoms with E-state index >= 15 is 0 Å². The molecule has 1 heterocycles. The van der Waals surface area contributed by atoms with Gasteiger partial charge in [-0.1, -0.05) is 46.5 Å². The van der Waals surface area contributed by atoms with E-state index in [9.17, 15) is 0 Å². The third-order valence-corrected chi connectivity index (χ3v) is 4.89. The van der Waals surface area contributed by atoms with Gasteiger partial charge in [-0.3, -0.25) is 0 Å². The fourth-order valence-electron chi connectivity index (χ4n) is 3.43. The number of rotatable bonds is 2. The van der Waals surface area contributed by atoms with Crippen LogP contribution in [0.5, 0.6) is 0 Å². The zero-order valence-electron chi connectivity index (χ0n) is 15.1. The van der Waals surface area contributed by atoms with Crippen LogP contribution in [0.25, 0.3) is 33.2 Å². The first kappa shape index (κ1) is 18.0. The molecule has 0 spiro atoms. The molecule has 0 unspecified atom stereocenters. The van der Waals surface area contributed by atoms with Gasteiger partial charge in [-0.2, -0.15) is 0 Å². The summed E-state index contributed by atoms with van der Waals surface area (Å²) in [4.78, 5) is 0. The van der Waals surface area contributed by atoms with E-state index in [1.807, 2.05) is 13.0 Å². The van der Waals surface area contributed by atoms with Crippen molar-refractivity contribution in [2.45, 2.75) is 27.7 Å². The number of fused-ring (bicyclic) bond motifs is 1. The Balaban J connectivity index is 0.00000182. The smallest absolute Gasteiger partial charge is 0.0896 e. The first-order chi connectivity index (χ1) is 11.5. The molecule has 0 amide bonds. The third kappa shape index (κ3) is 3.21. The van der Waals surface area contributed by atoms with Crippen LogP contribution in [0.2, 0.25) is 0 Å². The Kier molecular flexibility index (Phi) is 4.93. The minimum atomic E-state index is 0. The molecule has 1 nitrogen and oxygen atoms in total. The van der Waals surface area contributed by atoms with E-state index in [2.05, 4.69) is 69.3 Å². The number of hydrogen-bond donors (Lipinski definition) is 0. The van der Waals surface area contributed by atoms with Crippen molar-refractivity contribution in [3.8, 4) is 22.5 Å². The molecule has 2 heteroatoms. The molecule has 1 aromatic heterocycles. The van der Waals surface area contributed by atoms with Crippen LogP contribution in [0, 0.1) is 27.7 Å². The van der Waals surface area contributed by atoms with Gasteiger partial charge in [0.05, 0.1) is 11.5 Å². The molecule has 124 valence electrons.